The lowest BCUT2D eigenvalue weighted by Gasteiger charge is -2.27. The minimum Gasteiger partial charge on any atom is -0.481 e. The molecule has 20 heavy (non-hydrogen) atoms. The third-order valence-corrected chi connectivity index (χ3v) is 4.23. The van der Waals surface area contributed by atoms with Gasteiger partial charge in [0.05, 0.1) is 5.92 Å². The molecule has 5 nitrogen and oxygen atoms in total. The van der Waals surface area contributed by atoms with Gasteiger partial charge in [0.2, 0.25) is 0 Å². The van der Waals surface area contributed by atoms with Crippen molar-refractivity contribution in [3.8, 4) is 0 Å². The van der Waals surface area contributed by atoms with E-state index in [2.05, 4.69) is 16.7 Å². The molecule has 1 fully saturated rings. The third kappa shape index (κ3) is 4.54. The zero-order chi connectivity index (χ0) is 14.4. The van der Waals surface area contributed by atoms with Gasteiger partial charge in [-0.2, -0.15) is 0 Å². The molecule has 2 aliphatic rings. The van der Waals surface area contributed by atoms with E-state index in [-0.39, 0.29) is 18.0 Å². The predicted molar refractivity (Wildman–Crippen MR) is 76.5 cm³/mol. The van der Waals surface area contributed by atoms with Crippen LogP contribution in [-0.4, -0.2) is 29.7 Å². The van der Waals surface area contributed by atoms with E-state index >= 15 is 0 Å². The van der Waals surface area contributed by atoms with Crippen LogP contribution < -0.4 is 10.6 Å². The van der Waals surface area contributed by atoms with Crippen LogP contribution >= 0.6 is 0 Å². The summed E-state index contributed by atoms with van der Waals surface area (Å²) in [5.74, 6) is -1.05. The van der Waals surface area contributed by atoms with Crippen molar-refractivity contribution in [2.24, 2.45) is 5.92 Å². The monoisotopic (exact) mass is 280 g/mol. The van der Waals surface area contributed by atoms with Crippen molar-refractivity contribution in [2.75, 3.05) is 6.54 Å². The first-order chi connectivity index (χ1) is 9.65. The van der Waals surface area contributed by atoms with Crippen LogP contribution in [0.1, 0.15) is 51.4 Å². The number of rotatable bonds is 5. The van der Waals surface area contributed by atoms with E-state index < -0.39 is 5.97 Å². The van der Waals surface area contributed by atoms with Crippen LogP contribution in [0.25, 0.3) is 0 Å². The number of carboxylic acids is 1. The van der Waals surface area contributed by atoms with Crippen molar-refractivity contribution in [2.45, 2.75) is 57.4 Å². The summed E-state index contributed by atoms with van der Waals surface area (Å²) in [4.78, 5) is 22.7. The van der Waals surface area contributed by atoms with Crippen LogP contribution in [0.3, 0.4) is 0 Å². The fourth-order valence-corrected chi connectivity index (χ4v) is 3.08. The number of hydrogen-bond donors (Lipinski definition) is 3. The molecule has 3 N–H and O–H groups in total. The molecule has 0 radical (unpaired) electrons. The number of carbonyl (C=O) groups excluding carboxylic acids is 1. The fraction of sp³-hybridized carbons (Fsp3) is 0.733. The predicted octanol–water partition coefficient (Wildman–Crippen LogP) is 2.43. The summed E-state index contributed by atoms with van der Waals surface area (Å²) in [5.41, 5.74) is 1.44. The molecule has 0 saturated heterocycles. The van der Waals surface area contributed by atoms with Crippen molar-refractivity contribution in [3.05, 3.63) is 11.6 Å². The maximum Gasteiger partial charge on any atom is 0.315 e. The number of urea groups is 1. The largest absolute Gasteiger partial charge is 0.481 e. The number of carboxylic acid groups (broad SMARTS) is 1. The van der Waals surface area contributed by atoms with Crippen LogP contribution in [0, 0.1) is 5.92 Å². The highest BCUT2D eigenvalue weighted by Gasteiger charge is 2.27. The van der Waals surface area contributed by atoms with Crippen molar-refractivity contribution in [1.82, 2.24) is 10.6 Å². The van der Waals surface area contributed by atoms with Crippen LogP contribution in [0.15, 0.2) is 11.6 Å². The lowest BCUT2D eigenvalue weighted by molar-refractivity contribution is -0.143. The van der Waals surface area contributed by atoms with Crippen molar-refractivity contribution in [1.29, 1.82) is 0 Å². The Kier molecular flexibility index (Phi) is 5.44. The smallest absolute Gasteiger partial charge is 0.315 e. The summed E-state index contributed by atoms with van der Waals surface area (Å²) >= 11 is 0. The number of aliphatic carboxylic acids is 1. The molecule has 0 heterocycles. The van der Waals surface area contributed by atoms with Gasteiger partial charge >= 0.3 is 12.0 Å². The number of amides is 2. The Morgan fingerprint density at radius 2 is 2.15 bits per heavy atom. The lowest BCUT2D eigenvalue weighted by atomic mass is 9.86. The molecule has 5 heteroatoms. The maximum atomic E-state index is 11.8. The second kappa shape index (κ2) is 7.31. The minimum atomic E-state index is -0.745. The Morgan fingerprint density at radius 1 is 1.30 bits per heavy atom. The van der Waals surface area contributed by atoms with E-state index in [0.717, 1.165) is 32.1 Å². The van der Waals surface area contributed by atoms with E-state index in [1.807, 2.05) is 0 Å². The number of allylic oxidation sites excluding steroid dienone is 1. The highest BCUT2D eigenvalue weighted by Crippen LogP contribution is 2.24. The van der Waals surface area contributed by atoms with Crippen LogP contribution in [-0.2, 0) is 4.79 Å². The Hall–Kier alpha value is -1.52. The topological polar surface area (TPSA) is 78.4 Å². The number of hydrogen-bond acceptors (Lipinski definition) is 2. The molecule has 2 amide bonds. The summed E-state index contributed by atoms with van der Waals surface area (Å²) < 4.78 is 0. The van der Waals surface area contributed by atoms with Gasteiger partial charge in [0, 0.05) is 12.6 Å². The van der Waals surface area contributed by atoms with E-state index in [9.17, 15) is 9.59 Å². The summed E-state index contributed by atoms with van der Waals surface area (Å²) in [6.45, 7) is 0.659. The van der Waals surface area contributed by atoms with Gasteiger partial charge < -0.3 is 15.7 Å². The quantitative estimate of drug-likeness (QED) is 0.677. The minimum absolute atomic E-state index is 0.00412. The maximum absolute atomic E-state index is 11.8. The number of nitrogens with one attached hydrogen (secondary N) is 2. The summed E-state index contributed by atoms with van der Waals surface area (Å²) in [6, 6.07) is -0.171. The van der Waals surface area contributed by atoms with Gasteiger partial charge in [-0.25, -0.2) is 4.79 Å². The molecular formula is C15H24N2O3. The Bertz CT molecular complexity index is 393. The second-order valence-electron chi connectivity index (χ2n) is 5.80. The van der Waals surface area contributed by atoms with E-state index in [1.165, 1.54) is 18.4 Å². The summed E-state index contributed by atoms with van der Waals surface area (Å²) in [5, 5.41) is 14.8. The molecule has 112 valence electrons. The molecule has 0 aromatic heterocycles. The van der Waals surface area contributed by atoms with Crippen LogP contribution in [0.2, 0.25) is 0 Å². The van der Waals surface area contributed by atoms with E-state index in [4.69, 9.17) is 5.11 Å². The molecule has 2 rings (SSSR count). The van der Waals surface area contributed by atoms with E-state index in [1.54, 1.807) is 0 Å². The Morgan fingerprint density at radius 3 is 2.85 bits per heavy atom. The summed E-state index contributed by atoms with van der Waals surface area (Å²) in [7, 11) is 0. The molecule has 1 saturated carbocycles. The van der Waals surface area contributed by atoms with Gasteiger partial charge in [0.15, 0.2) is 0 Å². The van der Waals surface area contributed by atoms with Gasteiger partial charge in [0.25, 0.3) is 0 Å². The molecule has 2 aliphatic carbocycles. The zero-order valence-electron chi connectivity index (χ0n) is 11.9. The molecule has 2 unspecified atom stereocenters. The lowest BCUT2D eigenvalue weighted by Crippen LogP contribution is -2.45. The molecule has 0 aromatic carbocycles. The normalized spacial score (nSPS) is 25.9. The first-order valence-corrected chi connectivity index (χ1v) is 7.60. The standard InChI is InChI=1S/C15H24N2O3/c18-14(19)12-6-3-7-13(10-12)17-15(20)16-9-8-11-4-1-2-5-11/h4,12-13H,1-3,5-10H2,(H,18,19)(H2,16,17,20). The molecule has 0 spiro atoms. The third-order valence-electron chi connectivity index (χ3n) is 4.23. The first kappa shape index (κ1) is 14.9. The van der Waals surface area contributed by atoms with Gasteiger partial charge in [-0.3, -0.25) is 4.79 Å². The van der Waals surface area contributed by atoms with Gasteiger partial charge in [-0.05, 0) is 44.9 Å². The number of carbonyl (C=O) groups is 2. The van der Waals surface area contributed by atoms with Crippen molar-refractivity contribution in [3.63, 3.8) is 0 Å². The molecule has 0 bridgehead atoms. The zero-order valence-corrected chi connectivity index (χ0v) is 11.9. The Labute approximate surface area is 119 Å². The van der Waals surface area contributed by atoms with Crippen LogP contribution in [0.5, 0.6) is 0 Å². The molecule has 0 aliphatic heterocycles. The van der Waals surface area contributed by atoms with Gasteiger partial charge in [0.1, 0.15) is 0 Å². The fourth-order valence-electron chi connectivity index (χ4n) is 3.08. The SMILES string of the molecule is O=C(NCCC1=CCCC1)NC1CCCC(C(=O)O)C1. The molecule has 0 aromatic rings. The Balaban J connectivity index is 1.64. The summed E-state index contributed by atoms with van der Waals surface area (Å²) in [6.07, 6.45) is 9.77. The van der Waals surface area contributed by atoms with Crippen molar-refractivity contribution < 1.29 is 14.7 Å². The highest BCUT2D eigenvalue weighted by atomic mass is 16.4. The van der Waals surface area contributed by atoms with Gasteiger partial charge in [-0.15, -0.1) is 0 Å². The average Bonchev–Trinajstić information content (AvgIpc) is 2.92. The molecular weight excluding hydrogens is 256 g/mol. The second-order valence-corrected chi connectivity index (χ2v) is 5.80. The first-order valence-electron chi connectivity index (χ1n) is 7.60. The van der Waals surface area contributed by atoms with Gasteiger partial charge in [-0.1, -0.05) is 18.1 Å². The highest BCUT2D eigenvalue weighted by molar-refractivity contribution is 5.74. The van der Waals surface area contributed by atoms with Crippen LogP contribution in [0.4, 0.5) is 4.79 Å². The van der Waals surface area contributed by atoms with Crippen molar-refractivity contribution >= 4 is 12.0 Å². The average molecular weight is 280 g/mol. The molecule has 2 atom stereocenters. The van der Waals surface area contributed by atoms with E-state index in [0.29, 0.717) is 13.0 Å².